The summed E-state index contributed by atoms with van der Waals surface area (Å²) in [6.07, 6.45) is 5.00. The average Bonchev–Trinajstić information content (AvgIpc) is 2.62. The zero-order valence-corrected chi connectivity index (χ0v) is 9.85. The number of nitrogens with zero attached hydrogens (tertiary/aromatic N) is 1. The molecule has 0 radical (unpaired) electrons. The normalized spacial score (nSPS) is 24.6. The Kier molecular flexibility index (Phi) is 2.34. The van der Waals surface area contributed by atoms with Crippen LogP contribution in [0.25, 0.3) is 0 Å². The number of thiophene rings is 1. The van der Waals surface area contributed by atoms with Gasteiger partial charge in [0.05, 0.1) is 0 Å². The predicted octanol–water partition coefficient (Wildman–Crippen LogP) is 1.99. The van der Waals surface area contributed by atoms with E-state index < -0.39 is 0 Å². The Balaban J connectivity index is 1.66. The molecule has 15 heavy (non-hydrogen) atoms. The summed E-state index contributed by atoms with van der Waals surface area (Å²) in [6.45, 7) is 3.42. The van der Waals surface area contributed by atoms with Gasteiger partial charge in [-0.3, -0.25) is 4.90 Å². The lowest BCUT2D eigenvalue weighted by Gasteiger charge is -2.43. The van der Waals surface area contributed by atoms with Crippen LogP contribution in [0.4, 0.5) is 0 Å². The van der Waals surface area contributed by atoms with Crippen molar-refractivity contribution in [1.82, 2.24) is 4.90 Å². The SMILES string of the molecule is NC1(CN2CCc3sccc3C2)CCC1. The van der Waals surface area contributed by atoms with Crippen LogP contribution in [0.1, 0.15) is 29.7 Å². The molecule has 1 aromatic rings. The Morgan fingerprint density at radius 2 is 2.33 bits per heavy atom. The predicted molar refractivity (Wildman–Crippen MR) is 64.1 cm³/mol. The lowest BCUT2D eigenvalue weighted by Crippen LogP contribution is -2.55. The number of hydrogen-bond donors (Lipinski definition) is 1. The van der Waals surface area contributed by atoms with Crippen LogP contribution in [0.15, 0.2) is 11.4 Å². The van der Waals surface area contributed by atoms with Crippen molar-refractivity contribution in [3.8, 4) is 0 Å². The van der Waals surface area contributed by atoms with Gasteiger partial charge in [-0.15, -0.1) is 11.3 Å². The van der Waals surface area contributed by atoms with Gasteiger partial charge >= 0.3 is 0 Å². The monoisotopic (exact) mass is 222 g/mol. The maximum Gasteiger partial charge on any atom is 0.0283 e. The summed E-state index contributed by atoms with van der Waals surface area (Å²) in [5.74, 6) is 0. The van der Waals surface area contributed by atoms with E-state index in [1.165, 1.54) is 37.8 Å². The molecule has 1 aromatic heterocycles. The molecule has 82 valence electrons. The summed E-state index contributed by atoms with van der Waals surface area (Å²) in [7, 11) is 0. The highest BCUT2D eigenvalue weighted by atomic mass is 32.1. The van der Waals surface area contributed by atoms with E-state index in [2.05, 4.69) is 16.3 Å². The minimum Gasteiger partial charge on any atom is -0.324 e. The first-order valence-corrected chi connectivity index (χ1v) is 6.70. The molecule has 1 aliphatic heterocycles. The van der Waals surface area contributed by atoms with Gasteiger partial charge in [0.25, 0.3) is 0 Å². The topological polar surface area (TPSA) is 29.3 Å². The van der Waals surface area contributed by atoms with Crippen LogP contribution >= 0.6 is 11.3 Å². The zero-order chi connectivity index (χ0) is 10.3. The maximum atomic E-state index is 6.29. The first-order valence-electron chi connectivity index (χ1n) is 5.82. The van der Waals surface area contributed by atoms with E-state index in [4.69, 9.17) is 5.73 Å². The highest BCUT2D eigenvalue weighted by Crippen LogP contribution is 2.32. The molecule has 0 amide bonds. The lowest BCUT2D eigenvalue weighted by molar-refractivity contribution is 0.135. The van der Waals surface area contributed by atoms with Gasteiger partial charge in [0.2, 0.25) is 0 Å². The van der Waals surface area contributed by atoms with Crippen molar-refractivity contribution in [2.75, 3.05) is 13.1 Å². The van der Waals surface area contributed by atoms with Gasteiger partial charge in [-0.05, 0) is 42.7 Å². The van der Waals surface area contributed by atoms with Gasteiger partial charge in [0.1, 0.15) is 0 Å². The molecule has 0 saturated heterocycles. The molecule has 2 nitrogen and oxygen atoms in total. The highest BCUT2D eigenvalue weighted by Gasteiger charge is 2.35. The molecule has 0 bridgehead atoms. The largest absolute Gasteiger partial charge is 0.324 e. The molecule has 1 saturated carbocycles. The van der Waals surface area contributed by atoms with Crippen molar-refractivity contribution in [2.24, 2.45) is 5.73 Å². The quantitative estimate of drug-likeness (QED) is 0.829. The second kappa shape index (κ2) is 3.58. The van der Waals surface area contributed by atoms with E-state index in [9.17, 15) is 0 Å². The van der Waals surface area contributed by atoms with Crippen LogP contribution in [-0.4, -0.2) is 23.5 Å². The van der Waals surface area contributed by atoms with E-state index in [1.807, 2.05) is 11.3 Å². The molecule has 2 N–H and O–H groups in total. The number of rotatable bonds is 2. The van der Waals surface area contributed by atoms with Crippen molar-refractivity contribution in [3.63, 3.8) is 0 Å². The van der Waals surface area contributed by atoms with E-state index in [0.29, 0.717) is 0 Å². The van der Waals surface area contributed by atoms with Gasteiger partial charge < -0.3 is 5.73 Å². The van der Waals surface area contributed by atoms with Crippen molar-refractivity contribution < 1.29 is 0 Å². The van der Waals surface area contributed by atoms with Crippen molar-refractivity contribution in [1.29, 1.82) is 0 Å². The third-order valence-corrected chi connectivity index (χ3v) is 4.80. The van der Waals surface area contributed by atoms with E-state index in [-0.39, 0.29) is 5.54 Å². The highest BCUT2D eigenvalue weighted by molar-refractivity contribution is 7.10. The van der Waals surface area contributed by atoms with Crippen LogP contribution < -0.4 is 5.73 Å². The van der Waals surface area contributed by atoms with Crippen LogP contribution in [-0.2, 0) is 13.0 Å². The summed E-state index contributed by atoms with van der Waals surface area (Å²) >= 11 is 1.91. The summed E-state index contributed by atoms with van der Waals surface area (Å²) in [5.41, 5.74) is 7.97. The molecule has 2 aliphatic rings. The third kappa shape index (κ3) is 1.84. The molecular weight excluding hydrogens is 204 g/mol. The molecule has 0 spiro atoms. The Morgan fingerprint density at radius 1 is 1.47 bits per heavy atom. The van der Waals surface area contributed by atoms with Crippen LogP contribution in [0.5, 0.6) is 0 Å². The van der Waals surface area contributed by atoms with E-state index >= 15 is 0 Å². The number of nitrogens with two attached hydrogens (primary N) is 1. The van der Waals surface area contributed by atoms with Gasteiger partial charge in [-0.2, -0.15) is 0 Å². The minimum atomic E-state index is 0.146. The van der Waals surface area contributed by atoms with Crippen molar-refractivity contribution in [3.05, 3.63) is 21.9 Å². The first kappa shape index (κ1) is 9.82. The van der Waals surface area contributed by atoms with Gasteiger partial charge in [0.15, 0.2) is 0 Å². The van der Waals surface area contributed by atoms with Crippen LogP contribution in [0.3, 0.4) is 0 Å². The molecular formula is C12H18N2S. The zero-order valence-electron chi connectivity index (χ0n) is 9.04. The van der Waals surface area contributed by atoms with Gasteiger partial charge in [0, 0.05) is 30.1 Å². The molecule has 1 aliphatic carbocycles. The number of hydrogen-bond acceptors (Lipinski definition) is 3. The molecule has 2 heterocycles. The molecule has 0 aromatic carbocycles. The van der Waals surface area contributed by atoms with Gasteiger partial charge in [-0.1, -0.05) is 0 Å². The fourth-order valence-electron chi connectivity index (χ4n) is 2.68. The Bertz CT molecular complexity index is 354. The third-order valence-electron chi connectivity index (χ3n) is 3.77. The van der Waals surface area contributed by atoms with Crippen molar-refractivity contribution >= 4 is 11.3 Å². The first-order chi connectivity index (χ1) is 7.25. The molecule has 1 fully saturated rings. The van der Waals surface area contributed by atoms with E-state index in [1.54, 1.807) is 4.88 Å². The molecule has 3 heteroatoms. The summed E-state index contributed by atoms with van der Waals surface area (Å²) in [4.78, 5) is 4.12. The Morgan fingerprint density at radius 3 is 3.07 bits per heavy atom. The smallest absolute Gasteiger partial charge is 0.0283 e. The lowest BCUT2D eigenvalue weighted by atomic mass is 9.77. The fraction of sp³-hybridized carbons (Fsp3) is 0.667. The summed E-state index contributed by atoms with van der Waals surface area (Å²) in [6, 6.07) is 2.27. The van der Waals surface area contributed by atoms with Crippen LogP contribution in [0, 0.1) is 0 Å². The summed E-state index contributed by atoms with van der Waals surface area (Å²) < 4.78 is 0. The standard InChI is InChI=1S/C12H18N2S/c13-12(4-1-5-12)9-14-6-2-11-10(8-14)3-7-15-11/h3,7H,1-2,4-6,8-9,13H2. The van der Waals surface area contributed by atoms with E-state index in [0.717, 1.165) is 13.1 Å². The molecule has 0 atom stereocenters. The Labute approximate surface area is 95.1 Å². The fourth-order valence-corrected chi connectivity index (χ4v) is 3.57. The summed E-state index contributed by atoms with van der Waals surface area (Å²) in [5, 5.41) is 2.22. The average molecular weight is 222 g/mol. The van der Waals surface area contributed by atoms with Crippen LogP contribution in [0.2, 0.25) is 0 Å². The second-order valence-corrected chi connectivity index (χ2v) is 6.05. The van der Waals surface area contributed by atoms with Crippen molar-refractivity contribution in [2.45, 2.75) is 37.8 Å². The minimum absolute atomic E-state index is 0.146. The molecule has 3 rings (SSSR count). The van der Waals surface area contributed by atoms with Gasteiger partial charge in [-0.25, -0.2) is 0 Å². The number of fused-ring (bicyclic) bond motifs is 1. The maximum absolute atomic E-state index is 6.29. The second-order valence-electron chi connectivity index (χ2n) is 5.05. The molecule has 0 unspecified atom stereocenters. The Hall–Kier alpha value is -0.380.